The molecule has 3 aromatic rings. The van der Waals surface area contributed by atoms with E-state index in [-0.39, 0.29) is 0 Å². The Morgan fingerprint density at radius 3 is 2.04 bits per heavy atom. The lowest BCUT2D eigenvalue weighted by atomic mass is 10.1. The largest absolute Gasteiger partial charge is 0.320 e. The van der Waals surface area contributed by atoms with Crippen LogP contribution in [0.15, 0.2) is 65.8 Å². The fourth-order valence-electron chi connectivity index (χ4n) is 2.71. The average molecular weight is 323 g/mol. The van der Waals surface area contributed by atoms with Crippen molar-refractivity contribution >= 4 is 11.3 Å². The third-order valence-corrected chi connectivity index (χ3v) is 4.79. The van der Waals surface area contributed by atoms with Gasteiger partial charge in [0.2, 0.25) is 4.80 Å². The van der Waals surface area contributed by atoms with Gasteiger partial charge in [-0.05, 0) is 17.0 Å². The summed E-state index contributed by atoms with van der Waals surface area (Å²) in [6, 6.07) is 20.9. The Labute approximate surface area is 140 Å². The van der Waals surface area contributed by atoms with Gasteiger partial charge in [-0.1, -0.05) is 85.8 Å². The molecule has 2 N–H and O–H groups in total. The minimum absolute atomic E-state index is 0.515. The summed E-state index contributed by atoms with van der Waals surface area (Å²) in [5.41, 5.74) is 3.58. The van der Waals surface area contributed by atoms with E-state index in [1.807, 2.05) is 12.1 Å². The van der Waals surface area contributed by atoms with Crippen molar-refractivity contribution in [1.29, 1.82) is 0 Å². The van der Waals surface area contributed by atoms with E-state index >= 15 is 0 Å². The van der Waals surface area contributed by atoms with Gasteiger partial charge < -0.3 is 10.4 Å². The fourth-order valence-corrected chi connectivity index (χ4v) is 3.80. The molecule has 0 aliphatic carbocycles. The highest BCUT2D eigenvalue weighted by atomic mass is 32.1. The molecule has 4 heteroatoms. The maximum absolute atomic E-state index is 5.68. The second-order valence-corrected chi connectivity index (χ2v) is 6.91. The molecule has 1 aromatic heterocycles. The highest BCUT2D eigenvalue weighted by molar-refractivity contribution is 7.13. The predicted molar refractivity (Wildman–Crippen MR) is 97.8 cm³/mol. The Bertz CT molecular complexity index is 830. The van der Waals surface area contributed by atoms with E-state index in [2.05, 4.69) is 72.0 Å². The first-order valence-electron chi connectivity index (χ1n) is 7.79. The summed E-state index contributed by atoms with van der Waals surface area (Å²) >= 11 is 1.65. The molecule has 0 amide bonds. The van der Waals surface area contributed by atoms with Crippen LogP contribution in [0.5, 0.6) is 0 Å². The Morgan fingerprint density at radius 1 is 0.957 bits per heavy atom. The molecular formula is C19H21N3S. The van der Waals surface area contributed by atoms with Gasteiger partial charge >= 0.3 is 0 Å². The van der Waals surface area contributed by atoms with Gasteiger partial charge in [0.1, 0.15) is 0 Å². The van der Waals surface area contributed by atoms with Crippen molar-refractivity contribution in [3.63, 3.8) is 0 Å². The number of hydrogen-bond donors (Lipinski definition) is 1. The van der Waals surface area contributed by atoms with E-state index in [0.717, 1.165) is 11.3 Å². The average Bonchev–Trinajstić information content (AvgIpc) is 2.94. The molecule has 0 bridgehead atoms. The van der Waals surface area contributed by atoms with Crippen LogP contribution >= 0.6 is 11.3 Å². The second kappa shape index (κ2) is 6.84. The minimum atomic E-state index is 0.515. The Balaban J connectivity index is 2.30. The molecule has 2 aromatic carbocycles. The van der Waals surface area contributed by atoms with Crippen LogP contribution in [0, 0.1) is 5.92 Å². The molecule has 0 radical (unpaired) electrons. The predicted octanol–water partition coefficient (Wildman–Crippen LogP) is 4.31. The van der Waals surface area contributed by atoms with E-state index in [4.69, 9.17) is 5.84 Å². The standard InChI is InChI=1S/C19H21N3S/c1-14(2)13-22-17(15-9-5-3-6-10-15)18(23-19(22)21-20)16-11-7-4-8-12-16/h3-12,14H,13,20H2,1-2H3/b21-19-. The Kier molecular flexibility index (Phi) is 4.63. The SMILES string of the molecule is CC(C)Cn1c(-c2ccccc2)c(-c2ccccc2)s/c1=N\N. The third-order valence-electron chi connectivity index (χ3n) is 3.65. The molecule has 1 heterocycles. The molecule has 0 fully saturated rings. The van der Waals surface area contributed by atoms with Gasteiger partial charge in [-0.3, -0.25) is 0 Å². The number of nitrogens with two attached hydrogens (primary N) is 1. The van der Waals surface area contributed by atoms with Crippen LogP contribution in [0.1, 0.15) is 13.8 Å². The maximum Gasteiger partial charge on any atom is 0.208 e. The third kappa shape index (κ3) is 3.22. The molecule has 3 rings (SSSR count). The number of thiazole rings is 1. The number of benzene rings is 2. The number of rotatable bonds is 4. The second-order valence-electron chi connectivity index (χ2n) is 5.93. The van der Waals surface area contributed by atoms with Crippen molar-refractivity contribution in [2.75, 3.05) is 0 Å². The van der Waals surface area contributed by atoms with E-state index in [1.54, 1.807) is 11.3 Å². The monoisotopic (exact) mass is 323 g/mol. The molecule has 0 saturated carbocycles. The first-order valence-corrected chi connectivity index (χ1v) is 8.60. The number of nitrogens with zero attached hydrogens (tertiary/aromatic N) is 2. The molecular weight excluding hydrogens is 302 g/mol. The summed E-state index contributed by atoms with van der Waals surface area (Å²) in [6.45, 7) is 5.31. The van der Waals surface area contributed by atoms with E-state index < -0.39 is 0 Å². The summed E-state index contributed by atoms with van der Waals surface area (Å²) in [5.74, 6) is 6.19. The van der Waals surface area contributed by atoms with Crippen LogP contribution in [-0.4, -0.2) is 4.57 Å². The van der Waals surface area contributed by atoms with Gasteiger partial charge in [-0.25, -0.2) is 0 Å². The molecule has 0 aliphatic heterocycles. The zero-order chi connectivity index (χ0) is 16.2. The molecule has 0 saturated heterocycles. The highest BCUT2D eigenvalue weighted by Gasteiger charge is 2.17. The zero-order valence-corrected chi connectivity index (χ0v) is 14.3. The molecule has 3 nitrogen and oxygen atoms in total. The molecule has 0 spiro atoms. The quantitative estimate of drug-likeness (QED) is 0.564. The molecule has 0 aliphatic rings. The van der Waals surface area contributed by atoms with Gasteiger partial charge in [0, 0.05) is 6.54 Å². The van der Waals surface area contributed by atoms with Crippen LogP contribution in [0.2, 0.25) is 0 Å². The topological polar surface area (TPSA) is 43.3 Å². The first kappa shape index (κ1) is 15.6. The van der Waals surface area contributed by atoms with Crippen molar-refractivity contribution in [2.45, 2.75) is 20.4 Å². The number of hydrogen-bond acceptors (Lipinski definition) is 3. The highest BCUT2D eigenvalue weighted by Crippen LogP contribution is 2.34. The van der Waals surface area contributed by atoms with Gasteiger partial charge in [0.25, 0.3) is 0 Å². The van der Waals surface area contributed by atoms with E-state index in [9.17, 15) is 0 Å². The van der Waals surface area contributed by atoms with Gasteiger partial charge in [0.05, 0.1) is 10.6 Å². The first-order chi connectivity index (χ1) is 11.2. The molecule has 23 heavy (non-hydrogen) atoms. The number of aromatic nitrogens is 1. The summed E-state index contributed by atoms with van der Waals surface area (Å²) in [4.78, 5) is 2.07. The van der Waals surface area contributed by atoms with Gasteiger partial charge in [-0.15, -0.1) is 0 Å². The molecule has 0 atom stereocenters. The van der Waals surface area contributed by atoms with Crippen molar-refractivity contribution < 1.29 is 0 Å². The maximum atomic E-state index is 5.68. The van der Waals surface area contributed by atoms with Crippen LogP contribution in [0.4, 0.5) is 0 Å². The summed E-state index contributed by atoms with van der Waals surface area (Å²) in [6.07, 6.45) is 0. The van der Waals surface area contributed by atoms with Crippen molar-refractivity contribution in [3.05, 3.63) is 65.5 Å². The van der Waals surface area contributed by atoms with E-state index in [0.29, 0.717) is 5.92 Å². The van der Waals surface area contributed by atoms with Gasteiger partial charge in [0.15, 0.2) is 0 Å². The lowest BCUT2D eigenvalue weighted by molar-refractivity contribution is 0.517. The minimum Gasteiger partial charge on any atom is -0.320 e. The summed E-state index contributed by atoms with van der Waals surface area (Å²) in [5, 5.41) is 4.04. The van der Waals surface area contributed by atoms with Crippen LogP contribution in [-0.2, 0) is 6.54 Å². The van der Waals surface area contributed by atoms with Crippen molar-refractivity contribution in [3.8, 4) is 21.7 Å². The van der Waals surface area contributed by atoms with E-state index in [1.165, 1.54) is 21.7 Å². The lowest BCUT2D eigenvalue weighted by Gasteiger charge is -2.13. The van der Waals surface area contributed by atoms with Crippen molar-refractivity contribution in [1.82, 2.24) is 4.57 Å². The summed E-state index contributed by atoms with van der Waals surface area (Å²) < 4.78 is 2.24. The summed E-state index contributed by atoms with van der Waals surface area (Å²) in [7, 11) is 0. The fraction of sp³-hybridized carbons (Fsp3) is 0.211. The van der Waals surface area contributed by atoms with Gasteiger partial charge in [-0.2, -0.15) is 5.10 Å². The molecule has 118 valence electrons. The zero-order valence-electron chi connectivity index (χ0n) is 13.4. The van der Waals surface area contributed by atoms with Crippen LogP contribution in [0.3, 0.4) is 0 Å². The van der Waals surface area contributed by atoms with Crippen LogP contribution < -0.4 is 10.6 Å². The lowest BCUT2D eigenvalue weighted by Crippen LogP contribution is -2.20. The Hall–Kier alpha value is -2.33. The van der Waals surface area contributed by atoms with Crippen LogP contribution in [0.25, 0.3) is 21.7 Å². The molecule has 0 unspecified atom stereocenters. The Morgan fingerprint density at radius 2 is 1.52 bits per heavy atom. The normalized spacial score (nSPS) is 12.0. The smallest absolute Gasteiger partial charge is 0.208 e. The van der Waals surface area contributed by atoms with Crippen molar-refractivity contribution in [2.24, 2.45) is 16.9 Å².